The van der Waals surface area contributed by atoms with Crippen molar-refractivity contribution in [3.8, 4) is 5.75 Å². The highest BCUT2D eigenvalue weighted by Gasteiger charge is 2.21. The van der Waals surface area contributed by atoms with E-state index in [0.29, 0.717) is 17.7 Å². The van der Waals surface area contributed by atoms with Gasteiger partial charge in [-0.25, -0.2) is 0 Å². The molecule has 2 rings (SSSR count). The minimum atomic E-state index is -0.604. The third kappa shape index (κ3) is 3.14. The van der Waals surface area contributed by atoms with E-state index < -0.39 is 11.6 Å². The third-order valence-corrected chi connectivity index (χ3v) is 3.58. The first kappa shape index (κ1) is 15.3. The maximum atomic E-state index is 12.3. The van der Waals surface area contributed by atoms with Gasteiger partial charge in [0, 0.05) is 11.1 Å². The fourth-order valence-corrected chi connectivity index (χ4v) is 2.32. The second-order valence-electron chi connectivity index (χ2n) is 4.52. The Balaban J connectivity index is 2.36. The lowest BCUT2D eigenvalue weighted by Crippen LogP contribution is -2.15. The first-order chi connectivity index (χ1) is 10.1. The Labute approximate surface area is 128 Å². The first-order valence-electron chi connectivity index (χ1n) is 6.59. The van der Waals surface area contributed by atoms with Gasteiger partial charge in [-0.1, -0.05) is 30.7 Å². The number of aryl methyl sites for hydroxylation is 1. The largest absolute Gasteiger partial charge is 0.496 e. The molecule has 0 aromatic heterocycles. The highest BCUT2D eigenvalue weighted by atomic mass is 35.5. The topological polar surface area (TPSA) is 43.4 Å². The molecule has 0 heterocycles. The molecule has 0 aliphatic heterocycles. The summed E-state index contributed by atoms with van der Waals surface area (Å²) >= 11 is 5.96. The molecule has 21 heavy (non-hydrogen) atoms. The first-order valence-corrected chi connectivity index (χ1v) is 6.96. The van der Waals surface area contributed by atoms with Crippen LogP contribution in [0.1, 0.15) is 33.2 Å². The van der Waals surface area contributed by atoms with Crippen LogP contribution >= 0.6 is 11.6 Å². The second-order valence-corrected chi connectivity index (χ2v) is 4.93. The predicted octanol–water partition coefficient (Wildman–Crippen LogP) is 3.98. The van der Waals surface area contributed by atoms with E-state index in [1.807, 2.05) is 6.92 Å². The molecule has 108 valence electrons. The summed E-state index contributed by atoms with van der Waals surface area (Å²) in [4.78, 5) is 24.6. The van der Waals surface area contributed by atoms with Crippen LogP contribution in [0.25, 0.3) is 0 Å². The van der Waals surface area contributed by atoms with Gasteiger partial charge in [0.1, 0.15) is 5.75 Å². The molecule has 0 atom stereocenters. The Morgan fingerprint density at radius 3 is 2.43 bits per heavy atom. The summed E-state index contributed by atoms with van der Waals surface area (Å²) in [5.41, 5.74) is 1.45. The van der Waals surface area contributed by atoms with E-state index in [4.69, 9.17) is 16.3 Å². The monoisotopic (exact) mass is 302 g/mol. The third-order valence-electron chi connectivity index (χ3n) is 3.25. The zero-order chi connectivity index (χ0) is 15.4. The van der Waals surface area contributed by atoms with Crippen LogP contribution in [0.2, 0.25) is 5.02 Å². The molecular weight excluding hydrogens is 288 g/mol. The van der Waals surface area contributed by atoms with Crippen LogP contribution in [0.3, 0.4) is 0 Å². The number of benzene rings is 2. The summed E-state index contributed by atoms with van der Waals surface area (Å²) in [6.45, 7) is 1.96. The lowest BCUT2D eigenvalue weighted by molar-refractivity contribution is 0.0817. The fourth-order valence-electron chi connectivity index (χ4n) is 2.09. The van der Waals surface area contributed by atoms with Crippen molar-refractivity contribution < 1.29 is 14.3 Å². The average molecular weight is 303 g/mol. The Hall–Kier alpha value is -2.13. The molecule has 0 radical (unpaired) electrons. The van der Waals surface area contributed by atoms with Crippen molar-refractivity contribution in [2.45, 2.75) is 13.3 Å². The SMILES string of the molecule is CCc1cc(C(=O)C(=O)c2ccccc2Cl)ccc1OC. The van der Waals surface area contributed by atoms with Gasteiger partial charge in [-0.3, -0.25) is 9.59 Å². The number of Topliss-reactive ketones (excluding diaryl/α,β-unsaturated/α-hetero) is 2. The lowest BCUT2D eigenvalue weighted by Gasteiger charge is -2.08. The number of rotatable bonds is 5. The van der Waals surface area contributed by atoms with Crippen molar-refractivity contribution >= 4 is 23.2 Å². The highest BCUT2D eigenvalue weighted by molar-refractivity contribution is 6.51. The number of hydrogen-bond acceptors (Lipinski definition) is 3. The minimum Gasteiger partial charge on any atom is -0.496 e. The van der Waals surface area contributed by atoms with Crippen LogP contribution in [0, 0.1) is 0 Å². The molecule has 0 fully saturated rings. The molecular formula is C17H15ClO3. The Morgan fingerprint density at radius 2 is 1.81 bits per heavy atom. The maximum absolute atomic E-state index is 12.3. The van der Waals surface area contributed by atoms with Gasteiger partial charge in [-0.05, 0) is 42.3 Å². The number of ketones is 2. The number of halogens is 1. The normalized spacial score (nSPS) is 10.2. The molecule has 3 nitrogen and oxygen atoms in total. The van der Waals surface area contributed by atoms with Crippen LogP contribution in [-0.4, -0.2) is 18.7 Å². The zero-order valence-corrected chi connectivity index (χ0v) is 12.6. The van der Waals surface area contributed by atoms with Gasteiger partial charge in [0.15, 0.2) is 0 Å². The van der Waals surface area contributed by atoms with E-state index in [1.54, 1.807) is 49.6 Å². The minimum absolute atomic E-state index is 0.220. The van der Waals surface area contributed by atoms with Crippen LogP contribution in [0.5, 0.6) is 5.75 Å². The van der Waals surface area contributed by atoms with Crippen molar-refractivity contribution in [2.75, 3.05) is 7.11 Å². The molecule has 0 bridgehead atoms. The molecule has 0 saturated carbocycles. The molecule has 0 unspecified atom stereocenters. The summed E-state index contributed by atoms with van der Waals surface area (Å²) < 4.78 is 5.22. The van der Waals surface area contributed by atoms with Crippen LogP contribution in [-0.2, 0) is 6.42 Å². The Morgan fingerprint density at radius 1 is 1.10 bits per heavy atom. The van der Waals surface area contributed by atoms with Crippen molar-refractivity contribution in [1.82, 2.24) is 0 Å². The molecule has 0 amide bonds. The zero-order valence-electron chi connectivity index (χ0n) is 11.9. The van der Waals surface area contributed by atoms with Gasteiger partial charge in [-0.2, -0.15) is 0 Å². The number of carbonyl (C=O) groups is 2. The van der Waals surface area contributed by atoms with Gasteiger partial charge < -0.3 is 4.74 Å². The van der Waals surface area contributed by atoms with Crippen LogP contribution in [0.4, 0.5) is 0 Å². The number of hydrogen-bond donors (Lipinski definition) is 0. The van der Waals surface area contributed by atoms with E-state index in [2.05, 4.69) is 0 Å². The van der Waals surface area contributed by atoms with Crippen LogP contribution < -0.4 is 4.74 Å². The number of ether oxygens (including phenoxy) is 1. The second kappa shape index (κ2) is 6.55. The summed E-state index contributed by atoms with van der Waals surface area (Å²) in [6, 6.07) is 11.5. The summed E-state index contributed by atoms with van der Waals surface area (Å²) in [5.74, 6) is -0.465. The van der Waals surface area contributed by atoms with Gasteiger partial charge in [0.2, 0.25) is 11.6 Å². The fraction of sp³-hybridized carbons (Fsp3) is 0.176. The molecule has 4 heteroatoms. The van der Waals surface area contributed by atoms with Gasteiger partial charge in [0.25, 0.3) is 0 Å². The molecule has 0 saturated heterocycles. The summed E-state index contributed by atoms with van der Waals surface area (Å²) in [6.07, 6.45) is 0.713. The number of methoxy groups -OCH3 is 1. The van der Waals surface area contributed by atoms with Gasteiger partial charge in [-0.15, -0.1) is 0 Å². The molecule has 2 aromatic rings. The molecule has 0 spiro atoms. The van der Waals surface area contributed by atoms with E-state index >= 15 is 0 Å². The van der Waals surface area contributed by atoms with E-state index in [1.165, 1.54) is 0 Å². The van der Waals surface area contributed by atoms with Gasteiger partial charge >= 0.3 is 0 Å². The van der Waals surface area contributed by atoms with Crippen LogP contribution in [0.15, 0.2) is 42.5 Å². The van der Waals surface area contributed by atoms with Crippen molar-refractivity contribution in [3.05, 3.63) is 64.2 Å². The van der Waals surface area contributed by atoms with Crippen molar-refractivity contribution in [1.29, 1.82) is 0 Å². The highest BCUT2D eigenvalue weighted by Crippen LogP contribution is 2.22. The molecule has 0 aliphatic carbocycles. The summed E-state index contributed by atoms with van der Waals surface area (Å²) in [7, 11) is 1.57. The van der Waals surface area contributed by atoms with E-state index in [9.17, 15) is 9.59 Å². The Bertz CT molecular complexity index is 692. The van der Waals surface area contributed by atoms with Gasteiger partial charge in [0.05, 0.1) is 12.1 Å². The van der Waals surface area contributed by atoms with E-state index in [-0.39, 0.29) is 10.6 Å². The predicted molar refractivity (Wildman–Crippen MR) is 82.5 cm³/mol. The summed E-state index contributed by atoms with van der Waals surface area (Å²) in [5, 5.41) is 0.278. The van der Waals surface area contributed by atoms with Crippen molar-refractivity contribution in [2.24, 2.45) is 0 Å². The quantitative estimate of drug-likeness (QED) is 0.620. The molecule has 0 aliphatic rings. The van der Waals surface area contributed by atoms with Crippen molar-refractivity contribution in [3.63, 3.8) is 0 Å². The van der Waals surface area contributed by atoms with E-state index in [0.717, 1.165) is 5.56 Å². The lowest BCUT2D eigenvalue weighted by atomic mass is 9.99. The smallest absolute Gasteiger partial charge is 0.235 e. The number of carbonyl (C=O) groups excluding carboxylic acids is 2. The average Bonchev–Trinajstić information content (AvgIpc) is 2.53. The standard InChI is InChI=1S/C17H15ClO3/c1-3-11-10-12(8-9-15(11)21-2)16(19)17(20)13-6-4-5-7-14(13)18/h4-10H,3H2,1-2H3. The molecule has 2 aromatic carbocycles. The Kier molecular flexibility index (Phi) is 4.76. The molecule has 0 N–H and O–H groups in total. The maximum Gasteiger partial charge on any atom is 0.235 e.